The van der Waals surface area contributed by atoms with E-state index in [1.807, 2.05) is 53.7 Å². The minimum atomic E-state index is -0.337. The second kappa shape index (κ2) is 14.3. The predicted octanol–water partition coefficient (Wildman–Crippen LogP) is 12.1. The number of rotatable bonds is 9. The van der Waals surface area contributed by atoms with E-state index < -0.39 is 0 Å². The van der Waals surface area contributed by atoms with Gasteiger partial charge in [-0.2, -0.15) is 0 Å². The van der Waals surface area contributed by atoms with Crippen LogP contribution in [0.25, 0.3) is 44.1 Å². The summed E-state index contributed by atoms with van der Waals surface area (Å²) in [6, 6.07) is 22.9. The molecule has 0 fully saturated rings. The molecule has 1 aliphatic rings. The Morgan fingerprint density at radius 1 is 0.917 bits per heavy atom. The van der Waals surface area contributed by atoms with E-state index >= 15 is 0 Å². The van der Waals surface area contributed by atoms with Crippen LogP contribution in [-0.4, -0.2) is 15.9 Å². The number of hydrogen-bond donors (Lipinski definition) is 1. The summed E-state index contributed by atoms with van der Waals surface area (Å²) in [6.45, 7) is 21.2. The van der Waals surface area contributed by atoms with Crippen LogP contribution in [0, 0.1) is 22.8 Å². The van der Waals surface area contributed by atoms with Crippen LogP contribution in [0.2, 0.25) is 0 Å². The summed E-state index contributed by atoms with van der Waals surface area (Å²) < 4.78 is 6.21. The van der Waals surface area contributed by atoms with Gasteiger partial charge in [0.1, 0.15) is 11.3 Å². The average molecular weight is 823 g/mol. The van der Waals surface area contributed by atoms with Crippen LogP contribution < -0.4 is 0 Å². The molecule has 1 aliphatic carbocycles. The molecule has 2 aromatic heterocycles. The number of furan rings is 1. The maximum absolute atomic E-state index is 12.2. The van der Waals surface area contributed by atoms with Crippen molar-refractivity contribution in [3.63, 3.8) is 0 Å². The largest absolute Gasteiger partial charge is 0.512 e. The van der Waals surface area contributed by atoms with Gasteiger partial charge in [0.15, 0.2) is 5.78 Å². The first kappa shape index (κ1) is 37.5. The van der Waals surface area contributed by atoms with Crippen LogP contribution in [0.1, 0.15) is 112 Å². The van der Waals surface area contributed by atoms with Crippen molar-refractivity contribution in [3.05, 3.63) is 89.2 Å². The molecular formula is C43H52IrNO3-. The number of pyridine rings is 1. The molecule has 6 rings (SSSR count). The van der Waals surface area contributed by atoms with Crippen LogP contribution >= 0.6 is 0 Å². The Hall–Kier alpha value is -3.27. The molecule has 0 atom stereocenters. The molecular weight excluding hydrogens is 771 g/mol. The van der Waals surface area contributed by atoms with E-state index in [-0.39, 0.29) is 47.9 Å². The molecule has 5 heteroatoms. The molecule has 0 amide bonds. The van der Waals surface area contributed by atoms with Gasteiger partial charge in [-0.05, 0) is 83.8 Å². The molecule has 4 nitrogen and oxygen atoms in total. The van der Waals surface area contributed by atoms with Crippen LogP contribution in [-0.2, 0) is 36.7 Å². The SMILES string of the molecule is CC(C)Cc1ccc2nc3c(cc2c1)C(C)(C)c1cccc2oc4cc[c-]c-3c4c12.CCC(C)(CC)C(=O)/C=C(\O)C(C)(CC)CC.[Ir]. The predicted molar refractivity (Wildman–Crippen MR) is 197 cm³/mol. The zero-order chi connectivity index (χ0) is 34.3. The number of hydrogen-bond acceptors (Lipinski definition) is 4. The minimum Gasteiger partial charge on any atom is -0.512 e. The molecule has 0 spiro atoms. The molecule has 0 aliphatic heterocycles. The van der Waals surface area contributed by atoms with Gasteiger partial charge in [0, 0.05) is 42.4 Å². The molecule has 0 saturated heterocycles. The Bertz CT molecular complexity index is 1970. The molecule has 257 valence electrons. The summed E-state index contributed by atoms with van der Waals surface area (Å²) >= 11 is 0. The minimum absolute atomic E-state index is 0. The summed E-state index contributed by atoms with van der Waals surface area (Å²) in [4.78, 5) is 17.4. The molecule has 1 radical (unpaired) electrons. The van der Waals surface area contributed by atoms with E-state index in [4.69, 9.17) is 9.40 Å². The van der Waals surface area contributed by atoms with Gasteiger partial charge < -0.3 is 9.52 Å². The summed E-state index contributed by atoms with van der Waals surface area (Å²) in [5.41, 5.74) is 8.06. The smallest absolute Gasteiger partial charge is 0.164 e. The number of aliphatic hydroxyl groups is 1. The van der Waals surface area contributed by atoms with E-state index in [1.54, 1.807) is 0 Å². The monoisotopic (exact) mass is 823 g/mol. The van der Waals surface area contributed by atoms with Gasteiger partial charge >= 0.3 is 0 Å². The topological polar surface area (TPSA) is 63.3 Å². The fraction of sp³-hybridized carbons (Fsp3) is 0.442. The first-order valence-electron chi connectivity index (χ1n) is 17.5. The second-order valence-electron chi connectivity index (χ2n) is 14.9. The number of aromatic nitrogens is 1. The van der Waals surface area contributed by atoms with Crippen molar-refractivity contribution in [2.75, 3.05) is 0 Å². The van der Waals surface area contributed by atoms with Crippen LogP contribution in [0.4, 0.5) is 0 Å². The Morgan fingerprint density at radius 3 is 2.19 bits per heavy atom. The number of fused-ring (bicyclic) bond motifs is 3. The molecule has 0 bridgehead atoms. The van der Waals surface area contributed by atoms with E-state index in [9.17, 15) is 9.90 Å². The van der Waals surface area contributed by atoms with E-state index in [1.165, 1.54) is 33.5 Å². The second-order valence-corrected chi connectivity index (χ2v) is 14.9. The van der Waals surface area contributed by atoms with Gasteiger partial charge in [0.2, 0.25) is 0 Å². The number of carbonyl (C=O) groups is 1. The third kappa shape index (κ3) is 6.66. The Labute approximate surface area is 300 Å². The third-order valence-corrected chi connectivity index (χ3v) is 11.2. The Balaban J connectivity index is 0.000000251. The van der Waals surface area contributed by atoms with Gasteiger partial charge in [-0.1, -0.05) is 111 Å². The zero-order valence-electron chi connectivity index (χ0n) is 30.4. The van der Waals surface area contributed by atoms with Crippen molar-refractivity contribution in [2.24, 2.45) is 16.7 Å². The summed E-state index contributed by atoms with van der Waals surface area (Å²) in [6.07, 6.45) is 5.84. The molecule has 48 heavy (non-hydrogen) atoms. The number of aliphatic hydroxyl groups excluding tert-OH is 1. The number of nitrogens with zero attached hydrogens (tertiary/aromatic N) is 1. The van der Waals surface area contributed by atoms with Crippen LogP contribution in [0.15, 0.2) is 70.8 Å². The van der Waals surface area contributed by atoms with Gasteiger partial charge in [0.05, 0.1) is 11.1 Å². The number of benzene rings is 3. The van der Waals surface area contributed by atoms with Crippen molar-refractivity contribution >= 4 is 38.6 Å². The van der Waals surface area contributed by atoms with E-state index in [0.29, 0.717) is 5.92 Å². The van der Waals surface area contributed by atoms with Gasteiger partial charge in [-0.15, -0.1) is 17.7 Å². The van der Waals surface area contributed by atoms with E-state index in [0.717, 1.165) is 65.4 Å². The first-order valence-corrected chi connectivity index (χ1v) is 17.5. The Morgan fingerprint density at radius 2 is 1.56 bits per heavy atom. The quantitative estimate of drug-likeness (QED) is 0.0914. The summed E-state index contributed by atoms with van der Waals surface area (Å²) in [7, 11) is 0. The van der Waals surface area contributed by atoms with Crippen LogP contribution in [0.5, 0.6) is 0 Å². The van der Waals surface area contributed by atoms with Gasteiger partial charge in [0.25, 0.3) is 0 Å². The fourth-order valence-electron chi connectivity index (χ4n) is 6.83. The van der Waals surface area contributed by atoms with Gasteiger partial charge in [-0.3, -0.25) is 9.78 Å². The number of carbonyl (C=O) groups excluding carboxylic acids is 1. The first-order chi connectivity index (χ1) is 22.2. The maximum Gasteiger partial charge on any atom is 0.164 e. The number of ketones is 1. The summed E-state index contributed by atoms with van der Waals surface area (Å²) in [5.74, 6) is 0.921. The molecule has 0 saturated carbocycles. The average Bonchev–Trinajstić information content (AvgIpc) is 3.42. The number of allylic oxidation sites excluding steroid dienone is 2. The van der Waals surface area contributed by atoms with E-state index in [2.05, 4.69) is 76.2 Å². The molecule has 1 N–H and O–H groups in total. The van der Waals surface area contributed by atoms with Crippen molar-refractivity contribution in [1.29, 1.82) is 0 Å². The van der Waals surface area contributed by atoms with Crippen molar-refractivity contribution in [3.8, 4) is 11.3 Å². The maximum atomic E-state index is 12.2. The normalized spacial score (nSPS) is 14.1. The standard InChI is InChI=1S/C28H24NO.C15H28O2.Ir/c1-16(2)13-17-11-12-22-18(14-17)15-21-27(29-22)19-7-5-9-23-25(19)26-20(28(21,3)4)8-6-10-24(26)30-23;1-7-14(5,8-2)12(16)11-13(17)15(6,9-3)10-4;/h5-6,8-12,14-16H,13H2,1-4H3;11,16H,7-10H2,1-6H3;/q-1;;/b;12-11-;. The summed E-state index contributed by atoms with van der Waals surface area (Å²) in [5, 5.41) is 13.7. The van der Waals surface area contributed by atoms with Crippen LogP contribution in [0.3, 0.4) is 0 Å². The zero-order valence-corrected chi connectivity index (χ0v) is 32.8. The Kier molecular flexibility index (Phi) is 11.2. The fourth-order valence-corrected chi connectivity index (χ4v) is 6.83. The molecule has 0 unspecified atom stereocenters. The third-order valence-electron chi connectivity index (χ3n) is 11.2. The molecule has 3 aromatic carbocycles. The van der Waals surface area contributed by atoms with Crippen molar-refractivity contribution < 1.29 is 34.4 Å². The van der Waals surface area contributed by atoms with Gasteiger partial charge in [-0.25, -0.2) is 0 Å². The van der Waals surface area contributed by atoms with Crippen molar-refractivity contribution in [2.45, 2.75) is 107 Å². The molecule has 2 heterocycles. The van der Waals surface area contributed by atoms with Crippen molar-refractivity contribution in [1.82, 2.24) is 4.98 Å². The molecule has 5 aromatic rings.